The fraction of sp³-hybridized carbons (Fsp3) is 0.429. The van der Waals surface area contributed by atoms with Crippen LogP contribution in [0.5, 0.6) is 0 Å². The van der Waals surface area contributed by atoms with E-state index < -0.39 is 41.9 Å². The highest BCUT2D eigenvalue weighted by Crippen LogP contribution is 2.26. The molecule has 2 aromatic carbocycles. The molecule has 0 unspecified atom stereocenters. The number of benzene rings is 2. The van der Waals surface area contributed by atoms with E-state index in [1.54, 1.807) is 18.2 Å². The van der Waals surface area contributed by atoms with E-state index in [1.165, 1.54) is 0 Å². The van der Waals surface area contributed by atoms with Crippen LogP contribution in [0.15, 0.2) is 54.6 Å². The van der Waals surface area contributed by atoms with Crippen LogP contribution >= 0.6 is 0 Å². The van der Waals surface area contributed by atoms with Crippen molar-refractivity contribution in [3.63, 3.8) is 0 Å². The summed E-state index contributed by atoms with van der Waals surface area (Å²) in [7, 11) is 3.73. The Hall–Kier alpha value is -4.08. The van der Waals surface area contributed by atoms with Crippen molar-refractivity contribution in [3.8, 4) is 0 Å². The third-order valence-corrected chi connectivity index (χ3v) is 6.56. The lowest BCUT2D eigenvalue weighted by molar-refractivity contribution is -0.142. The van der Waals surface area contributed by atoms with E-state index in [2.05, 4.69) is 16.0 Å². The molecule has 2 aromatic rings. The molecular formula is C28H36N4O6. The first-order valence-corrected chi connectivity index (χ1v) is 12.8. The molecule has 10 heteroatoms. The zero-order valence-corrected chi connectivity index (χ0v) is 21.8. The van der Waals surface area contributed by atoms with Crippen LogP contribution in [-0.4, -0.2) is 61.7 Å². The van der Waals surface area contributed by atoms with Gasteiger partial charge in [0.1, 0.15) is 12.6 Å². The molecule has 204 valence electrons. The summed E-state index contributed by atoms with van der Waals surface area (Å²) >= 11 is 0. The fourth-order valence-corrected chi connectivity index (χ4v) is 4.42. The van der Waals surface area contributed by atoms with Crippen molar-refractivity contribution in [2.45, 2.75) is 50.8 Å². The van der Waals surface area contributed by atoms with Crippen LogP contribution in [-0.2, 0) is 20.9 Å². The average Bonchev–Trinajstić information content (AvgIpc) is 3.38. The lowest BCUT2D eigenvalue weighted by Crippen LogP contribution is -2.51. The monoisotopic (exact) mass is 524 g/mol. The van der Waals surface area contributed by atoms with E-state index in [9.17, 15) is 24.3 Å². The third kappa shape index (κ3) is 8.50. The first-order chi connectivity index (χ1) is 18.2. The Morgan fingerprint density at radius 3 is 2.53 bits per heavy atom. The van der Waals surface area contributed by atoms with Crippen LogP contribution in [0.3, 0.4) is 0 Å². The van der Waals surface area contributed by atoms with Gasteiger partial charge in [-0.25, -0.2) is 4.79 Å². The summed E-state index contributed by atoms with van der Waals surface area (Å²) in [6.07, 6.45) is 1.85. The van der Waals surface area contributed by atoms with Gasteiger partial charge in [-0.3, -0.25) is 14.4 Å². The minimum Gasteiger partial charge on any atom is -0.481 e. The largest absolute Gasteiger partial charge is 0.481 e. The molecule has 3 rings (SSSR count). The summed E-state index contributed by atoms with van der Waals surface area (Å²) < 4.78 is 5.20. The molecule has 38 heavy (non-hydrogen) atoms. The number of carboxylic acid groups (broad SMARTS) is 1. The lowest BCUT2D eigenvalue weighted by atomic mass is 10.0. The van der Waals surface area contributed by atoms with E-state index in [1.807, 2.05) is 55.4 Å². The van der Waals surface area contributed by atoms with Crippen molar-refractivity contribution in [2.24, 2.45) is 5.92 Å². The number of aliphatic carboxylic acids is 1. The molecule has 1 saturated carbocycles. The number of hydrogen-bond acceptors (Lipinski definition) is 6. The Labute approximate surface area is 222 Å². The topological polar surface area (TPSA) is 137 Å². The third-order valence-electron chi connectivity index (χ3n) is 6.56. The Bertz CT molecular complexity index is 1110. The Morgan fingerprint density at radius 2 is 1.82 bits per heavy atom. The number of alkyl carbamates (subject to hydrolysis) is 1. The van der Waals surface area contributed by atoms with Gasteiger partial charge in [-0.1, -0.05) is 42.8 Å². The minimum absolute atomic E-state index is 0.145. The van der Waals surface area contributed by atoms with Gasteiger partial charge in [0, 0.05) is 37.9 Å². The molecule has 4 N–H and O–H groups in total. The molecule has 1 aliphatic rings. The summed E-state index contributed by atoms with van der Waals surface area (Å²) in [6.45, 7) is 0.385. The Kier molecular flexibility index (Phi) is 10.5. The number of rotatable bonds is 12. The number of ether oxygens (including phenoxy) is 1. The molecule has 0 heterocycles. The number of carboxylic acids is 1. The van der Waals surface area contributed by atoms with Gasteiger partial charge >= 0.3 is 12.1 Å². The average molecular weight is 525 g/mol. The van der Waals surface area contributed by atoms with Gasteiger partial charge in [-0.2, -0.15) is 0 Å². The summed E-state index contributed by atoms with van der Waals surface area (Å²) in [5.74, 6) is -2.43. The number of carbonyl (C=O) groups excluding carboxylic acids is 3. The normalized spacial score (nSPS) is 17.2. The molecule has 0 radical (unpaired) electrons. The minimum atomic E-state index is -0.938. The number of amides is 3. The van der Waals surface area contributed by atoms with Gasteiger partial charge < -0.3 is 30.7 Å². The molecule has 0 saturated heterocycles. The smallest absolute Gasteiger partial charge is 0.407 e. The fourth-order valence-electron chi connectivity index (χ4n) is 4.42. The zero-order valence-electron chi connectivity index (χ0n) is 21.8. The predicted octanol–water partition coefficient (Wildman–Crippen LogP) is 2.93. The predicted molar refractivity (Wildman–Crippen MR) is 143 cm³/mol. The van der Waals surface area contributed by atoms with Crippen LogP contribution in [0.4, 0.5) is 10.5 Å². The van der Waals surface area contributed by atoms with E-state index in [0.717, 1.165) is 11.3 Å². The van der Waals surface area contributed by atoms with Gasteiger partial charge in [-0.15, -0.1) is 0 Å². The molecule has 1 aliphatic carbocycles. The van der Waals surface area contributed by atoms with Crippen molar-refractivity contribution in [3.05, 3.63) is 65.7 Å². The van der Waals surface area contributed by atoms with Crippen LogP contribution in [0.1, 0.15) is 48.0 Å². The van der Waals surface area contributed by atoms with Crippen molar-refractivity contribution in [2.75, 3.05) is 25.5 Å². The highest BCUT2D eigenvalue weighted by molar-refractivity contribution is 5.98. The van der Waals surface area contributed by atoms with Gasteiger partial charge in [0.15, 0.2) is 0 Å². The summed E-state index contributed by atoms with van der Waals surface area (Å²) in [6, 6.07) is 14.9. The second-order valence-corrected chi connectivity index (χ2v) is 9.59. The molecular weight excluding hydrogens is 488 g/mol. The molecule has 0 aromatic heterocycles. The number of carbonyl (C=O) groups is 4. The van der Waals surface area contributed by atoms with Gasteiger partial charge in [0.25, 0.3) is 5.91 Å². The maximum Gasteiger partial charge on any atom is 0.407 e. The first kappa shape index (κ1) is 28.5. The van der Waals surface area contributed by atoms with Crippen LogP contribution in [0.2, 0.25) is 0 Å². The van der Waals surface area contributed by atoms with Crippen LogP contribution in [0, 0.1) is 5.92 Å². The van der Waals surface area contributed by atoms with Crippen LogP contribution in [0.25, 0.3) is 0 Å². The highest BCUT2D eigenvalue weighted by atomic mass is 16.5. The molecule has 0 bridgehead atoms. The zero-order chi connectivity index (χ0) is 27.5. The molecule has 0 aliphatic heterocycles. The van der Waals surface area contributed by atoms with Gasteiger partial charge in [-0.05, 0) is 49.4 Å². The Balaban J connectivity index is 1.58. The maximum absolute atomic E-state index is 13.2. The molecule has 3 amide bonds. The van der Waals surface area contributed by atoms with E-state index in [-0.39, 0.29) is 19.6 Å². The second kappa shape index (κ2) is 14.0. The van der Waals surface area contributed by atoms with Crippen molar-refractivity contribution < 1.29 is 29.0 Å². The van der Waals surface area contributed by atoms with E-state index in [4.69, 9.17) is 4.74 Å². The number of anilines is 1. The lowest BCUT2D eigenvalue weighted by Gasteiger charge is -2.23. The number of nitrogens with one attached hydrogen (secondary N) is 3. The van der Waals surface area contributed by atoms with Crippen molar-refractivity contribution in [1.82, 2.24) is 16.0 Å². The van der Waals surface area contributed by atoms with E-state index in [0.29, 0.717) is 31.2 Å². The maximum atomic E-state index is 13.2. The van der Waals surface area contributed by atoms with Crippen molar-refractivity contribution >= 4 is 29.6 Å². The summed E-state index contributed by atoms with van der Waals surface area (Å²) in [4.78, 5) is 51.6. The van der Waals surface area contributed by atoms with E-state index >= 15 is 0 Å². The summed E-state index contributed by atoms with van der Waals surface area (Å²) in [5.41, 5.74) is 2.11. The standard InChI is InChI=1S/C28H36N4O6/c1-32(2)21-12-6-11-20(17-21)25(33)31-24(26(34)30-23-14-7-13-22(23)27(35)36)15-8-16-29-28(37)38-18-19-9-4-3-5-10-19/h3-6,9-12,17,22-24H,7-8,13-16,18H2,1-2H3,(H,29,37)(H,30,34)(H,31,33)(H,35,36)/t22-,23+,24+/m1/s1. The number of hydrogen-bond donors (Lipinski definition) is 4. The molecule has 1 fully saturated rings. The number of nitrogens with zero attached hydrogens (tertiary/aromatic N) is 1. The second-order valence-electron chi connectivity index (χ2n) is 9.59. The quantitative estimate of drug-likeness (QED) is 0.313. The molecule has 3 atom stereocenters. The first-order valence-electron chi connectivity index (χ1n) is 12.8. The van der Waals surface area contributed by atoms with Gasteiger partial charge in [0.2, 0.25) is 5.91 Å². The van der Waals surface area contributed by atoms with Crippen molar-refractivity contribution in [1.29, 1.82) is 0 Å². The molecule has 10 nitrogen and oxygen atoms in total. The highest BCUT2D eigenvalue weighted by Gasteiger charge is 2.35. The molecule has 0 spiro atoms. The SMILES string of the molecule is CN(C)c1cccc(C(=O)N[C@@H](CCCNC(=O)OCc2ccccc2)C(=O)N[C@H]2CCC[C@H]2C(=O)O)c1. The van der Waals surface area contributed by atoms with Crippen LogP contribution < -0.4 is 20.9 Å². The van der Waals surface area contributed by atoms with Gasteiger partial charge in [0.05, 0.1) is 5.92 Å². The summed E-state index contributed by atoms with van der Waals surface area (Å²) in [5, 5.41) is 17.7. The Morgan fingerprint density at radius 1 is 1.05 bits per heavy atom.